The minimum absolute atomic E-state index is 0.109. The van der Waals surface area contributed by atoms with Gasteiger partial charge in [-0.3, -0.25) is 0 Å². The number of carbonyl (C=O) groups excluding carboxylic acids is 1. The van der Waals surface area contributed by atoms with E-state index in [0.717, 1.165) is 57.8 Å². The molecule has 4 heteroatoms. The number of nitrogens with zero attached hydrogens (tertiary/aromatic N) is 1. The van der Waals surface area contributed by atoms with Gasteiger partial charge in [-0.05, 0) is 44.1 Å². The maximum Gasteiger partial charge on any atom is 0.317 e. The fraction of sp³-hybridized carbons (Fsp3) is 0.923. The molecule has 3 N–H and O–H groups in total. The molecular weight excluding hydrogens is 214 g/mol. The van der Waals surface area contributed by atoms with Crippen molar-refractivity contribution < 1.29 is 4.79 Å². The number of hydrogen-bond acceptors (Lipinski definition) is 2. The van der Waals surface area contributed by atoms with Gasteiger partial charge in [0.15, 0.2) is 0 Å². The van der Waals surface area contributed by atoms with E-state index in [2.05, 4.69) is 19.2 Å². The summed E-state index contributed by atoms with van der Waals surface area (Å²) in [6, 6.07) is 0.109. The van der Waals surface area contributed by atoms with E-state index in [-0.39, 0.29) is 6.03 Å². The van der Waals surface area contributed by atoms with Crippen LogP contribution >= 0.6 is 0 Å². The zero-order valence-corrected chi connectivity index (χ0v) is 11.2. The predicted molar refractivity (Wildman–Crippen MR) is 70.8 cm³/mol. The highest BCUT2D eigenvalue weighted by Gasteiger charge is 2.19. The summed E-state index contributed by atoms with van der Waals surface area (Å²) in [6.45, 7) is 7.73. The highest BCUT2D eigenvalue weighted by molar-refractivity contribution is 5.74. The van der Waals surface area contributed by atoms with Gasteiger partial charge in [0.25, 0.3) is 0 Å². The van der Waals surface area contributed by atoms with E-state index in [9.17, 15) is 4.79 Å². The van der Waals surface area contributed by atoms with Crippen LogP contribution in [0, 0.1) is 11.8 Å². The van der Waals surface area contributed by atoms with Gasteiger partial charge in [-0.25, -0.2) is 4.79 Å². The smallest absolute Gasteiger partial charge is 0.317 e. The number of urea groups is 1. The number of nitrogens with two attached hydrogens (primary N) is 1. The minimum Gasteiger partial charge on any atom is -0.338 e. The number of amides is 2. The molecule has 1 fully saturated rings. The predicted octanol–water partition coefficient (Wildman–Crippen LogP) is 1.80. The van der Waals surface area contributed by atoms with Crippen molar-refractivity contribution in [2.75, 3.05) is 26.2 Å². The molecule has 1 aliphatic rings. The van der Waals surface area contributed by atoms with E-state index in [1.54, 1.807) is 0 Å². The Morgan fingerprint density at radius 1 is 1.47 bits per heavy atom. The van der Waals surface area contributed by atoms with Gasteiger partial charge in [-0.2, -0.15) is 0 Å². The molecule has 4 nitrogen and oxygen atoms in total. The summed E-state index contributed by atoms with van der Waals surface area (Å²) in [5.74, 6) is 1.33. The van der Waals surface area contributed by atoms with Crippen LogP contribution in [0.25, 0.3) is 0 Å². The molecule has 17 heavy (non-hydrogen) atoms. The number of carbonyl (C=O) groups is 1. The molecule has 0 aromatic rings. The molecular formula is C13H27N3O. The second kappa shape index (κ2) is 7.54. The Morgan fingerprint density at radius 2 is 2.12 bits per heavy atom. The van der Waals surface area contributed by atoms with Gasteiger partial charge in [0.05, 0.1) is 0 Å². The lowest BCUT2D eigenvalue weighted by Crippen LogP contribution is -2.44. The number of likely N-dealkylation sites (tertiary alicyclic amines) is 1. The monoisotopic (exact) mass is 241 g/mol. The van der Waals surface area contributed by atoms with Gasteiger partial charge in [0, 0.05) is 19.6 Å². The molecule has 0 radical (unpaired) electrons. The van der Waals surface area contributed by atoms with Gasteiger partial charge >= 0.3 is 6.03 Å². The van der Waals surface area contributed by atoms with Gasteiger partial charge < -0.3 is 16.0 Å². The molecule has 100 valence electrons. The number of rotatable bonds is 5. The zero-order chi connectivity index (χ0) is 12.7. The summed E-state index contributed by atoms with van der Waals surface area (Å²) in [7, 11) is 0. The third kappa shape index (κ3) is 5.39. The summed E-state index contributed by atoms with van der Waals surface area (Å²) in [5, 5.41) is 2.99. The van der Waals surface area contributed by atoms with Crippen molar-refractivity contribution in [1.82, 2.24) is 10.2 Å². The highest BCUT2D eigenvalue weighted by Crippen LogP contribution is 2.15. The summed E-state index contributed by atoms with van der Waals surface area (Å²) < 4.78 is 0. The first-order valence-electron chi connectivity index (χ1n) is 6.86. The van der Waals surface area contributed by atoms with Crippen molar-refractivity contribution in [3.8, 4) is 0 Å². The molecule has 1 atom stereocenters. The van der Waals surface area contributed by atoms with Crippen LogP contribution < -0.4 is 11.1 Å². The van der Waals surface area contributed by atoms with Gasteiger partial charge in [0.1, 0.15) is 0 Å². The molecule has 0 aromatic heterocycles. The van der Waals surface area contributed by atoms with E-state index >= 15 is 0 Å². The van der Waals surface area contributed by atoms with Crippen molar-refractivity contribution in [2.45, 2.75) is 39.5 Å². The molecule has 1 aliphatic heterocycles. The largest absolute Gasteiger partial charge is 0.338 e. The molecule has 1 rings (SSSR count). The Bertz CT molecular complexity index is 225. The van der Waals surface area contributed by atoms with Crippen LogP contribution in [-0.2, 0) is 0 Å². The fourth-order valence-corrected chi connectivity index (χ4v) is 2.09. The lowest BCUT2D eigenvalue weighted by Gasteiger charge is -2.30. The Kier molecular flexibility index (Phi) is 6.34. The normalized spacial score (nSPS) is 19.1. The van der Waals surface area contributed by atoms with Crippen LogP contribution in [0.1, 0.15) is 39.5 Å². The van der Waals surface area contributed by atoms with Crippen LogP contribution in [0.15, 0.2) is 0 Å². The molecule has 1 saturated heterocycles. The lowest BCUT2D eigenvalue weighted by atomic mass is 10.00. The van der Waals surface area contributed by atoms with Crippen LogP contribution in [0.4, 0.5) is 4.79 Å². The van der Waals surface area contributed by atoms with E-state index in [4.69, 9.17) is 5.73 Å². The molecule has 1 heterocycles. The first-order valence-corrected chi connectivity index (χ1v) is 6.86. The second-order valence-corrected chi connectivity index (χ2v) is 5.38. The van der Waals surface area contributed by atoms with E-state index in [1.165, 1.54) is 0 Å². The summed E-state index contributed by atoms with van der Waals surface area (Å²) >= 11 is 0. The third-order valence-electron chi connectivity index (χ3n) is 3.62. The lowest BCUT2D eigenvalue weighted by molar-refractivity contribution is 0.174. The number of hydrogen-bond donors (Lipinski definition) is 2. The van der Waals surface area contributed by atoms with Crippen molar-refractivity contribution in [1.29, 1.82) is 0 Å². The molecule has 0 bridgehead atoms. The number of nitrogens with one attached hydrogen (secondary N) is 1. The quantitative estimate of drug-likeness (QED) is 0.721. The topological polar surface area (TPSA) is 58.4 Å². The number of piperidine rings is 1. The molecule has 0 saturated carbocycles. The van der Waals surface area contributed by atoms with Crippen molar-refractivity contribution in [3.63, 3.8) is 0 Å². The third-order valence-corrected chi connectivity index (χ3v) is 3.62. The molecule has 0 aliphatic carbocycles. The maximum absolute atomic E-state index is 11.8. The molecule has 2 amide bonds. The first kappa shape index (κ1) is 14.3. The van der Waals surface area contributed by atoms with Gasteiger partial charge in [-0.15, -0.1) is 0 Å². The Hall–Kier alpha value is -0.770. The SMILES string of the molecule is CC(CN)CCCNC(=O)N1CCC(C)CC1. The van der Waals surface area contributed by atoms with Crippen molar-refractivity contribution >= 4 is 6.03 Å². The van der Waals surface area contributed by atoms with Crippen LogP contribution in [0.2, 0.25) is 0 Å². The van der Waals surface area contributed by atoms with Gasteiger partial charge in [0.2, 0.25) is 0 Å². The highest BCUT2D eigenvalue weighted by atomic mass is 16.2. The fourth-order valence-electron chi connectivity index (χ4n) is 2.09. The van der Waals surface area contributed by atoms with E-state index in [1.807, 2.05) is 4.90 Å². The Morgan fingerprint density at radius 3 is 2.71 bits per heavy atom. The van der Waals surface area contributed by atoms with E-state index < -0.39 is 0 Å². The average molecular weight is 241 g/mol. The molecule has 0 aromatic carbocycles. The molecule has 0 spiro atoms. The van der Waals surface area contributed by atoms with Crippen LogP contribution in [0.5, 0.6) is 0 Å². The zero-order valence-electron chi connectivity index (χ0n) is 11.2. The summed E-state index contributed by atoms with van der Waals surface area (Å²) in [4.78, 5) is 13.7. The average Bonchev–Trinajstić information content (AvgIpc) is 2.34. The second-order valence-electron chi connectivity index (χ2n) is 5.38. The Balaban J connectivity index is 2.08. The Labute approximate surface area is 105 Å². The van der Waals surface area contributed by atoms with Gasteiger partial charge in [-0.1, -0.05) is 13.8 Å². The summed E-state index contributed by atoms with van der Waals surface area (Å²) in [5.41, 5.74) is 5.55. The van der Waals surface area contributed by atoms with Crippen LogP contribution in [-0.4, -0.2) is 37.1 Å². The standard InChI is InChI=1S/C13H27N3O/c1-11-5-8-16(9-6-11)13(17)15-7-3-4-12(2)10-14/h11-12H,3-10,14H2,1-2H3,(H,15,17). The van der Waals surface area contributed by atoms with E-state index in [0.29, 0.717) is 5.92 Å². The maximum atomic E-state index is 11.8. The first-order chi connectivity index (χ1) is 8.13. The van der Waals surface area contributed by atoms with Crippen molar-refractivity contribution in [2.24, 2.45) is 17.6 Å². The van der Waals surface area contributed by atoms with Crippen molar-refractivity contribution in [3.05, 3.63) is 0 Å². The summed E-state index contributed by atoms with van der Waals surface area (Å²) in [6.07, 6.45) is 4.39. The minimum atomic E-state index is 0.109. The van der Waals surface area contributed by atoms with Crippen LogP contribution in [0.3, 0.4) is 0 Å². The molecule has 1 unspecified atom stereocenters.